The van der Waals surface area contributed by atoms with E-state index in [0.717, 1.165) is 5.92 Å². The Labute approximate surface area is 112 Å². The Hall–Kier alpha value is -1.19. The molecule has 3 heteroatoms. The summed E-state index contributed by atoms with van der Waals surface area (Å²) >= 11 is 1.71. The Kier molecular flexibility index (Phi) is 3.43. The maximum atomic E-state index is 4.18. The van der Waals surface area contributed by atoms with Crippen LogP contribution >= 0.6 is 11.3 Å². The maximum absolute atomic E-state index is 4.18. The maximum Gasteiger partial charge on any atom is 0.0794 e. The van der Waals surface area contributed by atoms with Gasteiger partial charge in [0.25, 0.3) is 0 Å². The predicted molar refractivity (Wildman–Crippen MR) is 76.1 cm³/mol. The highest BCUT2D eigenvalue weighted by molar-refractivity contribution is 7.09. The van der Waals surface area contributed by atoms with Crippen molar-refractivity contribution in [1.29, 1.82) is 0 Å². The van der Waals surface area contributed by atoms with Crippen molar-refractivity contribution in [2.24, 2.45) is 0 Å². The van der Waals surface area contributed by atoms with Gasteiger partial charge in [-0.05, 0) is 36.9 Å². The fraction of sp³-hybridized carbons (Fsp3) is 0.400. The van der Waals surface area contributed by atoms with E-state index in [0.29, 0.717) is 0 Å². The van der Waals surface area contributed by atoms with Gasteiger partial charge in [-0.3, -0.25) is 4.98 Å². The molecule has 0 bridgehead atoms. The second-order valence-corrected chi connectivity index (χ2v) is 5.84. The minimum atomic E-state index is 0.275. The van der Waals surface area contributed by atoms with Gasteiger partial charge in [0.15, 0.2) is 0 Å². The lowest BCUT2D eigenvalue weighted by molar-refractivity contribution is 0.419. The fourth-order valence-corrected chi connectivity index (χ4v) is 3.33. The molecule has 3 rings (SSSR count). The molecule has 1 heterocycles. The monoisotopic (exact) mass is 258 g/mol. The van der Waals surface area contributed by atoms with E-state index in [-0.39, 0.29) is 6.04 Å². The topological polar surface area (TPSA) is 24.9 Å². The first kappa shape index (κ1) is 11.9. The molecular weight excluding hydrogens is 240 g/mol. The molecule has 0 amide bonds. The van der Waals surface area contributed by atoms with Gasteiger partial charge in [0.2, 0.25) is 0 Å². The third-order valence-corrected chi connectivity index (χ3v) is 4.69. The second kappa shape index (κ2) is 5.21. The van der Waals surface area contributed by atoms with E-state index >= 15 is 0 Å². The SMILES string of the molecule is CNC(c1cccc(C2CCC2)c1)c1cncs1. The lowest BCUT2D eigenvalue weighted by Gasteiger charge is -2.27. The molecule has 2 nitrogen and oxygen atoms in total. The zero-order valence-electron chi connectivity index (χ0n) is 10.6. The van der Waals surface area contributed by atoms with Crippen LogP contribution in [0.2, 0.25) is 0 Å². The number of rotatable bonds is 4. The van der Waals surface area contributed by atoms with Crippen molar-refractivity contribution in [3.8, 4) is 0 Å². The van der Waals surface area contributed by atoms with Gasteiger partial charge in [-0.25, -0.2) is 0 Å². The van der Waals surface area contributed by atoms with Gasteiger partial charge in [-0.2, -0.15) is 0 Å². The van der Waals surface area contributed by atoms with E-state index in [1.807, 2.05) is 18.8 Å². The van der Waals surface area contributed by atoms with Crippen LogP contribution in [-0.2, 0) is 0 Å². The molecular formula is C15H18N2S. The molecule has 1 N–H and O–H groups in total. The first-order valence-electron chi connectivity index (χ1n) is 6.54. The predicted octanol–water partition coefficient (Wildman–Crippen LogP) is 3.72. The number of hydrogen-bond donors (Lipinski definition) is 1. The standard InChI is InChI=1S/C15H18N2S/c1-16-15(14-9-17-10-18-14)13-7-3-6-12(8-13)11-4-2-5-11/h3,6-11,15-16H,2,4-5H2,1H3. The van der Waals surface area contributed by atoms with Crippen molar-refractivity contribution in [2.45, 2.75) is 31.2 Å². The molecule has 2 aromatic rings. The van der Waals surface area contributed by atoms with Crippen LogP contribution in [0.5, 0.6) is 0 Å². The Morgan fingerprint density at radius 2 is 2.28 bits per heavy atom. The summed E-state index contributed by atoms with van der Waals surface area (Å²) in [7, 11) is 2.01. The van der Waals surface area contributed by atoms with Crippen molar-refractivity contribution in [1.82, 2.24) is 10.3 Å². The quantitative estimate of drug-likeness (QED) is 0.904. The number of nitrogens with zero attached hydrogens (tertiary/aromatic N) is 1. The molecule has 1 aliphatic rings. The summed E-state index contributed by atoms with van der Waals surface area (Å²) in [5.41, 5.74) is 4.75. The van der Waals surface area contributed by atoms with Crippen LogP contribution in [0.15, 0.2) is 36.0 Å². The van der Waals surface area contributed by atoms with Crippen LogP contribution in [0.3, 0.4) is 0 Å². The highest BCUT2D eigenvalue weighted by Gasteiger charge is 2.21. The summed E-state index contributed by atoms with van der Waals surface area (Å²) in [6.45, 7) is 0. The number of hydrogen-bond acceptors (Lipinski definition) is 3. The van der Waals surface area contributed by atoms with Crippen LogP contribution in [-0.4, -0.2) is 12.0 Å². The lowest BCUT2D eigenvalue weighted by Crippen LogP contribution is -2.17. The van der Waals surface area contributed by atoms with Gasteiger partial charge in [0, 0.05) is 11.1 Å². The smallest absolute Gasteiger partial charge is 0.0794 e. The van der Waals surface area contributed by atoms with Crippen LogP contribution in [0.1, 0.15) is 47.2 Å². The zero-order chi connectivity index (χ0) is 12.4. The highest BCUT2D eigenvalue weighted by atomic mass is 32.1. The summed E-state index contributed by atoms with van der Waals surface area (Å²) in [5, 5.41) is 3.39. The Balaban J connectivity index is 1.90. The van der Waals surface area contributed by atoms with Gasteiger partial charge in [0.1, 0.15) is 0 Å². The van der Waals surface area contributed by atoms with E-state index in [9.17, 15) is 0 Å². The first-order chi connectivity index (χ1) is 8.88. The number of nitrogens with one attached hydrogen (secondary N) is 1. The van der Waals surface area contributed by atoms with E-state index < -0.39 is 0 Å². The molecule has 0 saturated heterocycles. The van der Waals surface area contributed by atoms with E-state index in [1.165, 1.54) is 35.3 Å². The number of aromatic nitrogens is 1. The number of benzene rings is 1. The second-order valence-electron chi connectivity index (χ2n) is 4.92. The minimum absolute atomic E-state index is 0.275. The largest absolute Gasteiger partial charge is 0.309 e. The normalized spacial score (nSPS) is 17.4. The minimum Gasteiger partial charge on any atom is -0.309 e. The molecule has 1 aromatic heterocycles. The zero-order valence-corrected chi connectivity index (χ0v) is 11.4. The van der Waals surface area contributed by atoms with E-state index in [1.54, 1.807) is 11.3 Å². The molecule has 1 atom stereocenters. The fourth-order valence-electron chi connectivity index (χ4n) is 2.58. The highest BCUT2D eigenvalue weighted by Crippen LogP contribution is 2.37. The van der Waals surface area contributed by atoms with Crippen molar-refractivity contribution in [3.05, 3.63) is 52.0 Å². The Bertz CT molecular complexity index is 503. The van der Waals surface area contributed by atoms with Crippen molar-refractivity contribution in [3.63, 3.8) is 0 Å². The summed E-state index contributed by atoms with van der Waals surface area (Å²) in [6, 6.07) is 9.31. The summed E-state index contributed by atoms with van der Waals surface area (Å²) < 4.78 is 0. The van der Waals surface area contributed by atoms with Crippen LogP contribution in [0.4, 0.5) is 0 Å². The van der Waals surface area contributed by atoms with E-state index in [2.05, 4.69) is 34.6 Å². The van der Waals surface area contributed by atoms with Gasteiger partial charge >= 0.3 is 0 Å². The molecule has 0 radical (unpaired) electrons. The molecule has 1 aliphatic carbocycles. The molecule has 1 fully saturated rings. The van der Waals surface area contributed by atoms with Crippen LogP contribution < -0.4 is 5.32 Å². The van der Waals surface area contributed by atoms with Crippen molar-refractivity contribution in [2.75, 3.05) is 7.05 Å². The average molecular weight is 258 g/mol. The molecule has 1 saturated carbocycles. The van der Waals surface area contributed by atoms with E-state index in [4.69, 9.17) is 0 Å². The third kappa shape index (κ3) is 2.20. The van der Waals surface area contributed by atoms with Crippen LogP contribution in [0, 0.1) is 0 Å². The molecule has 1 aromatic carbocycles. The van der Waals surface area contributed by atoms with Crippen molar-refractivity contribution < 1.29 is 0 Å². The van der Waals surface area contributed by atoms with Crippen LogP contribution in [0.25, 0.3) is 0 Å². The number of thiazole rings is 1. The van der Waals surface area contributed by atoms with Gasteiger partial charge in [0.05, 0.1) is 11.6 Å². The van der Waals surface area contributed by atoms with Gasteiger partial charge < -0.3 is 5.32 Å². The molecule has 0 aliphatic heterocycles. The third-order valence-electron chi connectivity index (χ3n) is 3.85. The summed E-state index contributed by atoms with van der Waals surface area (Å²) in [6.07, 6.45) is 6.06. The Morgan fingerprint density at radius 1 is 1.39 bits per heavy atom. The van der Waals surface area contributed by atoms with Gasteiger partial charge in [-0.15, -0.1) is 11.3 Å². The first-order valence-corrected chi connectivity index (χ1v) is 7.42. The molecule has 1 unspecified atom stereocenters. The molecule has 94 valence electrons. The van der Waals surface area contributed by atoms with Gasteiger partial charge in [-0.1, -0.05) is 30.7 Å². The Morgan fingerprint density at radius 3 is 2.89 bits per heavy atom. The average Bonchev–Trinajstić information content (AvgIpc) is 2.82. The lowest BCUT2D eigenvalue weighted by atomic mass is 9.79. The summed E-state index contributed by atoms with van der Waals surface area (Å²) in [4.78, 5) is 5.46. The molecule has 18 heavy (non-hydrogen) atoms. The molecule has 0 spiro atoms. The van der Waals surface area contributed by atoms with Crippen molar-refractivity contribution >= 4 is 11.3 Å². The summed E-state index contributed by atoms with van der Waals surface area (Å²) in [5.74, 6) is 0.795.